The van der Waals surface area contributed by atoms with Gasteiger partial charge in [-0.05, 0) is 129 Å². The van der Waals surface area contributed by atoms with E-state index < -0.39 is 6.10 Å². The fraction of sp³-hybridized carbons (Fsp3) is 0.143. The molecule has 2 aliphatic rings. The molecular formula is C84H70N8O6. The van der Waals surface area contributed by atoms with E-state index in [-0.39, 0.29) is 43.9 Å². The van der Waals surface area contributed by atoms with E-state index in [9.17, 15) is 9.59 Å². The molecule has 0 saturated carbocycles. The molecule has 14 heteroatoms. The lowest BCUT2D eigenvalue weighted by atomic mass is 9.82. The number of allylic oxidation sites excluding steroid dienone is 2. The first kappa shape index (κ1) is 62.1. The van der Waals surface area contributed by atoms with Gasteiger partial charge in [0.1, 0.15) is 48.5 Å². The Morgan fingerprint density at radius 2 is 0.847 bits per heavy atom. The second-order valence-electron chi connectivity index (χ2n) is 25.1. The molecule has 15 rings (SSSR count). The first-order valence-electron chi connectivity index (χ1n) is 33.0. The normalized spacial score (nSPS) is 14.8. The van der Waals surface area contributed by atoms with Crippen LogP contribution in [0.3, 0.4) is 0 Å². The molecule has 2 heterocycles. The largest absolute Gasteiger partial charge is 0.487 e. The Morgan fingerprint density at radius 1 is 0.449 bits per heavy atom. The van der Waals surface area contributed by atoms with Crippen molar-refractivity contribution in [3.63, 3.8) is 0 Å². The number of benzene rings is 11. The van der Waals surface area contributed by atoms with Crippen molar-refractivity contribution in [2.24, 2.45) is 17.4 Å². The van der Waals surface area contributed by atoms with Gasteiger partial charge >= 0.3 is 0 Å². The summed E-state index contributed by atoms with van der Waals surface area (Å²) in [5.74, 6) is 1.04. The highest BCUT2D eigenvalue weighted by molar-refractivity contribution is 6.03. The number of rotatable bonds is 20. The van der Waals surface area contributed by atoms with E-state index in [2.05, 4.69) is 168 Å². The SMILES string of the molecule is N/C(=C\C(=O)COc1c2cccc1Cc1cccc(c1OCc1cn(Cc3c4ccccc4cc4ccccc34)nn1)CC1C=CC=C(Cc3cccc(c3OCc3cn(Cc4c5ccccc5cc5ccccc45)nn3)C2)C1OCC(=O)/C=C(\N)c1ccccc1)c1ccccc1. The third-order valence-corrected chi connectivity index (χ3v) is 18.5. The van der Waals surface area contributed by atoms with Gasteiger partial charge in [-0.15, -0.1) is 10.2 Å². The summed E-state index contributed by atoms with van der Waals surface area (Å²) in [4.78, 5) is 28.1. The predicted molar refractivity (Wildman–Crippen MR) is 385 cm³/mol. The van der Waals surface area contributed by atoms with Crippen LogP contribution in [0.4, 0.5) is 0 Å². The summed E-state index contributed by atoms with van der Waals surface area (Å²) in [7, 11) is 0. The minimum Gasteiger partial charge on any atom is -0.487 e. The minimum absolute atomic E-state index is 0.105. The van der Waals surface area contributed by atoms with E-state index in [4.69, 9.17) is 40.6 Å². The molecule has 0 fully saturated rings. The van der Waals surface area contributed by atoms with Crippen LogP contribution in [0.25, 0.3) is 54.5 Å². The average Bonchev–Trinajstić information content (AvgIpc) is 0.962. The molecule has 2 aromatic heterocycles. The highest BCUT2D eigenvalue weighted by Gasteiger charge is 2.31. The van der Waals surface area contributed by atoms with Gasteiger partial charge in [-0.25, -0.2) is 9.36 Å². The molecule has 2 atom stereocenters. The second-order valence-corrected chi connectivity index (χ2v) is 25.1. The number of ether oxygens (including phenoxy) is 4. The van der Waals surface area contributed by atoms with Crippen molar-refractivity contribution in [1.29, 1.82) is 0 Å². The second kappa shape index (κ2) is 28.1. The zero-order valence-electron chi connectivity index (χ0n) is 53.9. The molecule has 11 aromatic carbocycles. The standard InChI is InChI=1S/C84H70N8O6/c85-79(55-19-3-1-4-20-55)45-71(93)53-97-83-65-31-17-32-66(83)42-62-28-16-30-64(82(62)96-52-70-48-92(90-88-70)50-78-75-37-13-9-25-59(75)40-60-26-10-14-38-76(60)78)44-68-34-18-33-67(84(68)98-54-72(94)46-80(86)56-21-5-2-6-22-56)43-63-29-15-27-61(41-65)81(63)95-51-69-47-91(89-87-69)49-77-73-35-11-7-23-57(73)39-58-24-8-12-36-74(58)77/h1-40,45-48,65,83H,41-44,49-54,85-86H2/b79-45-,80-46-. The molecule has 4 N–H and O–H groups in total. The summed E-state index contributed by atoms with van der Waals surface area (Å²) >= 11 is 0. The molecule has 0 spiro atoms. The number of hydrogen-bond acceptors (Lipinski definition) is 12. The van der Waals surface area contributed by atoms with Crippen LogP contribution in [0.15, 0.2) is 273 Å². The van der Waals surface area contributed by atoms with E-state index in [1.165, 1.54) is 12.2 Å². The summed E-state index contributed by atoms with van der Waals surface area (Å²) in [6, 6.07) is 75.6. The lowest BCUT2D eigenvalue weighted by Crippen LogP contribution is -2.31. The molecule has 482 valence electrons. The van der Waals surface area contributed by atoms with E-state index in [0.29, 0.717) is 78.8 Å². The summed E-state index contributed by atoms with van der Waals surface area (Å²) < 4.78 is 31.8. The molecule has 8 bridgehead atoms. The highest BCUT2D eigenvalue weighted by Crippen LogP contribution is 2.40. The molecule has 2 aliphatic carbocycles. The molecule has 98 heavy (non-hydrogen) atoms. The third-order valence-electron chi connectivity index (χ3n) is 18.5. The van der Waals surface area contributed by atoms with Crippen LogP contribution in [0.1, 0.15) is 67.0 Å². The van der Waals surface area contributed by atoms with Crippen LogP contribution in [-0.4, -0.2) is 60.9 Å². The summed E-state index contributed by atoms with van der Waals surface area (Å²) in [5, 5.41) is 28.0. The van der Waals surface area contributed by atoms with E-state index >= 15 is 0 Å². The number of carbonyl (C=O) groups is 2. The van der Waals surface area contributed by atoms with Crippen molar-refractivity contribution in [2.45, 2.75) is 58.1 Å². The van der Waals surface area contributed by atoms with Gasteiger partial charge in [-0.3, -0.25) is 9.59 Å². The van der Waals surface area contributed by atoms with Gasteiger partial charge in [0, 0.05) is 42.3 Å². The van der Waals surface area contributed by atoms with E-state index in [0.717, 1.165) is 104 Å². The van der Waals surface area contributed by atoms with E-state index in [1.54, 1.807) is 0 Å². The average molecular weight is 1290 g/mol. The van der Waals surface area contributed by atoms with Crippen LogP contribution in [0.5, 0.6) is 17.2 Å². The number of nitrogens with zero attached hydrogens (tertiary/aromatic N) is 6. The van der Waals surface area contributed by atoms with Gasteiger partial charge in [0.25, 0.3) is 0 Å². The Balaban J connectivity index is 0.797. The van der Waals surface area contributed by atoms with Crippen molar-refractivity contribution in [3.8, 4) is 17.2 Å². The van der Waals surface area contributed by atoms with Crippen molar-refractivity contribution in [2.75, 3.05) is 13.2 Å². The van der Waals surface area contributed by atoms with Crippen LogP contribution >= 0.6 is 0 Å². The van der Waals surface area contributed by atoms with Crippen LogP contribution < -0.4 is 25.7 Å². The van der Waals surface area contributed by atoms with Crippen molar-refractivity contribution in [3.05, 3.63) is 340 Å². The first-order chi connectivity index (χ1) is 48.2. The fourth-order valence-electron chi connectivity index (χ4n) is 13.9. The molecule has 13 aromatic rings. The minimum atomic E-state index is -0.582. The summed E-state index contributed by atoms with van der Waals surface area (Å²) in [6.45, 7) is 0.709. The molecule has 14 nitrogen and oxygen atoms in total. The van der Waals surface area contributed by atoms with Gasteiger partial charge in [-0.1, -0.05) is 241 Å². The monoisotopic (exact) mass is 1290 g/mol. The van der Waals surface area contributed by atoms with Crippen LogP contribution in [0.2, 0.25) is 0 Å². The summed E-state index contributed by atoms with van der Waals surface area (Å²) in [5.41, 5.74) is 25.0. The number of fused-ring (bicyclic) bond motifs is 12. The Labute approximate surface area is 567 Å². The number of aromatic nitrogens is 6. The van der Waals surface area contributed by atoms with Crippen molar-refractivity contribution >= 4 is 66.1 Å². The Hall–Kier alpha value is -12.0. The maximum atomic E-state index is 14.1. The zero-order valence-corrected chi connectivity index (χ0v) is 53.9. The zero-order chi connectivity index (χ0) is 66.3. The van der Waals surface area contributed by atoms with Crippen molar-refractivity contribution in [1.82, 2.24) is 30.0 Å². The lowest BCUT2D eigenvalue weighted by Gasteiger charge is -2.31. The van der Waals surface area contributed by atoms with Crippen LogP contribution in [-0.2, 0) is 66.3 Å². The highest BCUT2D eigenvalue weighted by atomic mass is 16.5. The Morgan fingerprint density at radius 3 is 1.32 bits per heavy atom. The molecule has 0 saturated heterocycles. The molecule has 0 radical (unpaired) electrons. The molecule has 0 amide bonds. The predicted octanol–water partition coefficient (Wildman–Crippen LogP) is 15.0. The smallest absolute Gasteiger partial charge is 0.195 e. The third kappa shape index (κ3) is 13.6. The van der Waals surface area contributed by atoms with Gasteiger partial charge in [0.05, 0.1) is 31.6 Å². The maximum absolute atomic E-state index is 14.1. The number of carbonyl (C=O) groups excluding carboxylic acids is 2. The van der Waals surface area contributed by atoms with Gasteiger partial charge in [0.2, 0.25) is 0 Å². The Bertz CT molecular complexity index is 5180. The van der Waals surface area contributed by atoms with Crippen molar-refractivity contribution < 1.29 is 28.5 Å². The lowest BCUT2D eigenvalue weighted by molar-refractivity contribution is -0.121. The molecule has 2 unspecified atom stereocenters. The first-order valence-corrected chi connectivity index (χ1v) is 33.0. The van der Waals surface area contributed by atoms with E-state index in [1.807, 2.05) is 107 Å². The number of nitrogens with two attached hydrogens (primary N) is 2. The van der Waals surface area contributed by atoms with Gasteiger partial charge < -0.3 is 30.4 Å². The number of ketones is 2. The van der Waals surface area contributed by atoms with Gasteiger partial charge in [-0.2, -0.15) is 0 Å². The summed E-state index contributed by atoms with van der Waals surface area (Å²) in [6.07, 6.45) is 14.1. The quantitative estimate of drug-likeness (QED) is 0.0544. The van der Waals surface area contributed by atoms with Gasteiger partial charge in [0.15, 0.2) is 18.2 Å². The molecular weight excluding hydrogens is 1220 g/mol. The van der Waals surface area contributed by atoms with Crippen LogP contribution in [0, 0.1) is 5.92 Å². The fourth-order valence-corrected chi connectivity index (χ4v) is 13.9. The maximum Gasteiger partial charge on any atom is 0.195 e. The number of hydrogen-bond donors (Lipinski definition) is 2. The topological polar surface area (TPSA) is 185 Å². The Kier molecular flexibility index (Phi) is 17.8. The number of para-hydroxylation sites is 3. The molecule has 0 aliphatic heterocycles.